The molecule has 0 spiro atoms. The van der Waals surface area contributed by atoms with Gasteiger partial charge in [0.25, 0.3) is 0 Å². The topological polar surface area (TPSA) is 80.8 Å². The van der Waals surface area contributed by atoms with E-state index < -0.39 is 0 Å². The highest BCUT2D eigenvalue weighted by molar-refractivity contribution is 5.59. The van der Waals surface area contributed by atoms with Crippen LogP contribution in [0.2, 0.25) is 0 Å². The molecule has 1 aliphatic rings. The minimum atomic E-state index is 0.492. The number of hydrogen-bond acceptors (Lipinski definition) is 8. The normalized spacial score (nSPS) is 14.5. The van der Waals surface area contributed by atoms with Gasteiger partial charge in [0.2, 0.25) is 0 Å². The fraction of sp³-hybridized carbons (Fsp3) is 0.583. The molecule has 2 aromatic rings. The van der Waals surface area contributed by atoms with Crippen molar-refractivity contribution in [2.75, 3.05) is 51.9 Å². The molecule has 1 saturated heterocycles. The molecule has 0 bridgehead atoms. The summed E-state index contributed by atoms with van der Waals surface area (Å²) in [4.78, 5) is 11.3. The molecule has 176 valence electrons. The summed E-state index contributed by atoms with van der Waals surface area (Å²) in [6.07, 6.45) is 6.56. The predicted octanol–water partition coefficient (Wildman–Crippen LogP) is 3.61. The maximum atomic E-state index is 6.01. The van der Waals surface area contributed by atoms with Gasteiger partial charge in [0, 0.05) is 50.3 Å². The highest BCUT2D eigenvalue weighted by Crippen LogP contribution is 2.29. The molecule has 2 N–H and O–H groups in total. The van der Waals surface area contributed by atoms with Crippen LogP contribution in [-0.4, -0.2) is 67.5 Å². The molecule has 8 nitrogen and oxygen atoms in total. The molecule has 8 heteroatoms. The molecule has 2 aromatic heterocycles. The van der Waals surface area contributed by atoms with Crippen molar-refractivity contribution in [3.63, 3.8) is 0 Å². The van der Waals surface area contributed by atoms with E-state index in [1.54, 1.807) is 13.3 Å². The maximum Gasteiger partial charge on any atom is 0.179 e. The van der Waals surface area contributed by atoms with Gasteiger partial charge in [-0.15, -0.1) is 0 Å². The maximum absolute atomic E-state index is 6.01. The molecule has 32 heavy (non-hydrogen) atoms. The summed E-state index contributed by atoms with van der Waals surface area (Å²) < 4.78 is 16.9. The molecule has 0 radical (unpaired) electrons. The van der Waals surface area contributed by atoms with Crippen LogP contribution in [0.15, 0.2) is 30.6 Å². The summed E-state index contributed by atoms with van der Waals surface area (Å²) >= 11 is 0. The first-order chi connectivity index (χ1) is 15.7. The van der Waals surface area contributed by atoms with Gasteiger partial charge >= 0.3 is 0 Å². The lowest BCUT2D eigenvalue weighted by molar-refractivity contribution is 0.0775. The third-order valence-electron chi connectivity index (χ3n) is 5.70. The quantitative estimate of drug-likeness (QED) is 0.455. The monoisotopic (exact) mass is 443 g/mol. The van der Waals surface area contributed by atoms with Crippen molar-refractivity contribution in [1.29, 1.82) is 0 Å². The van der Waals surface area contributed by atoms with Gasteiger partial charge in [0.05, 0.1) is 25.6 Å². The lowest BCUT2D eigenvalue weighted by Gasteiger charge is -2.23. The first-order valence-corrected chi connectivity index (χ1v) is 11.6. The third-order valence-corrected chi connectivity index (χ3v) is 5.70. The van der Waals surface area contributed by atoms with Crippen molar-refractivity contribution in [2.45, 2.75) is 45.7 Å². The van der Waals surface area contributed by atoms with E-state index in [1.807, 2.05) is 24.4 Å². The van der Waals surface area contributed by atoms with E-state index in [0.29, 0.717) is 30.0 Å². The van der Waals surface area contributed by atoms with Crippen molar-refractivity contribution in [3.05, 3.63) is 36.3 Å². The Morgan fingerprint density at radius 1 is 1.12 bits per heavy atom. The molecule has 1 fully saturated rings. The van der Waals surface area contributed by atoms with Crippen LogP contribution < -0.4 is 20.1 Å². The summed E-state index contributed by atoms with van der Waals surface area (Å²) in [6, 6.07) is 6.36. The van der Waals surface area contributed by atoms with Gasteiger partial charge < -0.3 is 29.7 Å². The van der Waals surface area contributed by atoms with E-state index in [4.69, 9.17) is 14.2 Å². The molecule has 0 aliphatic carbocycles. The zero-order valence-electron chi connectivity index (χ0n) is 19.6. The van der Waals surface area contributed by atoms with Gasteiger partial charge in [0.1, 0.15) is 5.82 Å². The fourth-order valence-corrected chi connectivity index (χ4v) is 3.72. The van der Waals surface area contributed by atoms with Crippen molar-refractivity contribution in [3.8, 4) is 11.5 Å². The number of aromatic nitrogens is 2. The Bertz CT molecular complexity index is 810. The van der Waals surface area contributed by atoms with E-state index in [9.17, 15) is 0 Å². The summed E-state index contributed by atoms with van der Waals surface area (Å²) in [5.74, 6) is 2.04. The molecule has 0 amide bonds. The number of nitrogens with zero attached hydrogens (tertiary/aromatic N) is 3. The highest BCUT2D eigenvalue weighted by atomic mass is 16.5. The standard InChI is InChI=1S/C24H37N5O3/c1-4-29(5-2)11-6-12-32-22-16-24(27-18-23(22)30-3)28-20-7-10-25-21(15-20)17-26-19-8-13-31-14-9-19/h7,10,15-16,18-19,26H,4-6,8-9,11-14,17H2,1-3H3,(H,25,27,28). The predicted molar refractivity (Wildman–Crippen MR) is 127 cm³/mol. The number of rotatable bonds is 13. The summed E-state index contributed by atoms with van der Waals surface area (Å²) in [5, 5.41) is 6.93. The van der Waals surface area contributed by atoms with Gasteiger partial charge in [-0.2, -0.15) is 0 Å². The zero-order valence-corrected chi connectivity index (χ0v) is 19.6. The summed E-state index contributed by atoms with van der Waals surface area (Å²) in [6.45, 7) is 10.5. The number of anilines is 2. The van der Waals surface area contributed by atoms with Crippen molar-refractivity contribution >= 4 is 11.5 Å². The second kappa shape index (κ2) is 13.2. The largest absolute Gasteiger partial charge is 0.491 e. The van der Waals surface area contributed by atoms with E-state index in [0.717, 1.165) is 70.0 Å². The highest BCUT2D eigenvalue weighted by Gasteiger charge is 2.13. The number of methoxy groups -OCH3 is 1. The minimum Gasteiger partial charge on any atom is -0.491 e. The van der Waals surface area contributed by atoms with E-state index >= 15 is 0 Å². The molecule has 0 aromatic carbocycles. The Balaban J connectivity index is 1.56. The molecule has 3 heterocycles. The summed E-state index contributed by atoms with van der Waals surface area (Å²) in [7, 11) is 1.63. The Labute approximate surface area is 191 Å². The van der Waals surface area contributed by atoms with Gasteiger partial charge in [-0.25, -0.2) is 4.98 Å². The van der Waals surface area contributed by atoms with Crippen LogP contribution in [0.25, 0.3) is 0 Å². The number of ether oxygens (including phenoxy) is 3. The smallest absolute Gasteiger partial charge is 0.179 e. The molecular weight excluding hydrogens is 406 g/mol. The molecule has 0 atom stereocenters. The second-order valence-electron chi connectivity index (χ2n) is 7.88. The van der Waals surface area contributed by atoms with Crippen LogP contribution in [0, 0.1) is 0 Å². The zero-order chi connectivity index (χ0) is 22.6. The number of pyridine rings is 2. The fourth-order valence-electron chi connectivity index (χ4n) is 3.72. The average molecular weight is 444 g/mol. The molecule has 3 rings (SSSR count). The third kappa shape index (κ3) is 7.62. The van der Waals surface area contributed by atoms with Crippen LogP contribution in [0.3, 0.4) is 0 Å². The van der Waals surface area contributed by atoms with Crippen LogP contribution in [0.4, 0.5) is 11.5 Å². The van der Waals surface area contributed by atoms with Crippen LogP contribution in [0.1, 0.15) is 38.8 Å². The lowest BCUT2D eigenvalue weighted by atomic mass is 10.1. The Morgan fingerprint density at radius 3 is 2.69 bits per heavy atom. The van der Waals surface area contributed by atoms with Crippen LogP contribution >= 0.6 is 0 Å². The molecule has 0 unspecified atom stereocenters. The average Bonchev–Trinajstić information content (AvgIpc) is 2.84. The van der Waals surface area contributed by atoms with Gasteiger partial charge in [-0.3, -0.25) is 4.98 Å². The molecule has 0 saturated carbocycles. The van der Waals surface area contributed by atoms with Crippen molar-refractivity contribution in [1.82, 2.24) is 20.2 Å². The number of nitrogens with one attached hydrogen (secondary N) is 2. The lowest BCUT2D eigenvalue weighted by Crippen LogP contribution is -2.34. The first kappa shape index (κ1) is 24.2. The Morgan fingerprint density at radius 2 is 1.94 bits per heavy atom. The molecule has 1 aliphatic heterocycles. The van der Waals surface area contributed by atoms with Gasteiger partial charge in [-0.1, -0.05) is 13.8 Å². The minimum absolute atomic E-state index is 0.492. The molecular formula is C24H37N5O3. The second-order valence-corrected chi connectivity index (χ2v) is 7.88. The first-order valence-electron chi connectivity index (χ1n) is 11.6. The van der Waals surface area contributed by atoms with Crippen LogP contribution in [-0.2, 0) is 11.3 Å². The van der Waals surface area contributed by atoms with Gasteiger partial charge in [-0.05, 0) is 44.5 Å². The van der Waals surface area contributed by atoms with E-state index in [2.05, 4.69) is 39.3 Å². The van der Waals surface area contributed by atoms with Crippen molar-refractivity contribution in [2.24, 2.45) is 0 Å². The van der Waals surface area contributed by atoms with Gasteiger partial charge in [0.15, 0.2) is 11.5 Å². The van der Waals surface area contributed by atoms with Crippen molar-refractivity contribution < 1.29 is 14.2 Å². The Hall–Kier alpha value is -2.42. The summed E-state index contributed by atoms with van der Waals surface area (Å²) in [5.41, 5.74) is 1.93. The van der Waals surface area contributed by atoms with E-state index in [1.165, 1.54) is 0 Å². The SMILES string of the molecule is CCN(CC)CCCOc1cc(Nc2ccnc(CNC3CCOCC3)c2)ncc1OC. The van der Waals surface area contributed by atoms with Crippen LogP contribution in [0.5, 0.6) is 11.5 Å². The van der Waals surface area contributed by atoms with E-state index in [-0.39, 0.29) is 0 Å². The Kier molecular flexibility index (Phi) is 9.99. The number of hydrogen-bond donors (Lipinski definition) is 2.